The van der Waals surface area contributed by atoms with Gasteiger partial charge in [-0.3, -0.25) is 0 Å². The normalized spacial score (nSPS) is 13.1. The van der Waals surface area contributed by atoms with Crippen molar-refractivity contribution in [1.29, 1.82) is 0 Å². The zero-order chi connectivity index (χ0) is 11.2. The Kier molecular flexibility index (Phi) is 4.36. The second-order valence-corrected chi connectivity index (χ2v) is 4.92. The molecule has 0 aromatic heterocycles. The van der Waals surface area contributed by atoms with E-state index < -0.39 is 0 Å². The average molecular weight is 239 g/mol. The van der Waals surface area contributed by atoms with Crippen LogP contribution in [0.3, 0.4) is 0 Å². The summed E-state index contributed by atoms with van der Waals surface area (Å²) in [5, 5.41) is 3.41. The Morgan fingerprint density at radius 3 is 3.19 bits per heavy atom. The minimum Gasteiger partial charge on any atom is -0.454 e. The van der Waals surface area contributed by atoms with Crippen LogP contribution in [0.25, 0.3) is 0 Å². The second-order valence-electron chi connectivity index (χ2n) is 3.52. The van der Waals surface area contributed by atoms with Gasteiger partial charge >= 0.3 is 0 Å². The molecule has 1 aliphatic heterocycles. The van der Waals surface area contributed by atoms with Crippen LogP contribution in [0.5, 0.6) is 11.5 Å². The third-order valence-electron chi connectivity index (χ3n) is 2.42. The van der Waals surface area contributed by atoms with Crippen molar-refractivity contribution in [3.8, 4) is 11.5 Å². The minimum absolute atomic E-state index is 0.345. The highest BCUT2D eigenvalue weighted by molar-refractivity contribution is 7.99. The summed E-state index contributed by atoms with van der Waals surface area (Å²) < 4.78 is 10.8. The van der Waals surface area contributed by atoms with Crippen molar-refractivity contribution >= 4 is 11.8 Å². The molecule has 0 spiro atoms. The number of hydrogen-bond donors (Lipinski definition) is 1. The first-order valence-corrected chi connectivity index (χ1v) is 6.73. The van der Waals surface area contributed by atoms with Crippen LogP contribution in [0.2, 0.25) is 0 Å². The molecule has 1 aliphatic rings. The molecule has 0 unspecified atom stereocenters. The fraction of sp³-hybridized carbons (Fsp3) is 0.500. The summed E-state index contributed by atoms with van der Waals surface area (Å²) in [6.45, 7) is 4.40. The molecule has 0 radical (unpaired) electrons. The lowest BCUT2D eigenvalue weighted by molar-refractivity contribution is 0.173. The van der Waals surface area contributed by atoms with E-state index in [1.165, 1.54) is 11.3 Å². The highest BCUT2D eigenvalue weighted by Crippen LogP contribution is 2.35. The molecular formula is C12H17NO2S. The monoisotopic (exact) mass is 239 g/mol. The Balaban J connectivity index is 1.83. The highest BCUT2D eigenvalue weighted by Gasteiger charge is 2.16. The summed E-state index contributed by atoms with van der Waals surface area (Å²) in [6.07, 6.45) is 0. The number of benzene rings is 1. The third-order valence-corrected chi connectivity index (χ3v) is 3.32. The smallest absolute Gasteiger partial charge is 0.231 e. The number of nitrogens with one attached hydrogen (secondary N) is 1. The Morgan fingerprint density at radius 1 is 1.38 bits per heavy atom. The quantitative estimate of drug-likeness (QED) is 0.771. The Hall–Kier alpha value is -0.870. The molecule has 88 valence electrons. The first kappa shape index (κ1) is 11.6. The number of thioether (sulfide) groups is 1. The first-order chi connectivity index (χ1) is 7.92. The maximum absolute atomic E-state index is 5.44. The molecule has 1 aromatic rings. The zero-order valence-electron chi connectivity index (χ0n) is 9.49. The Bertz CT molecular complexity index is 344. The zero-order valence-corrected chi connectivity index (χ0v) is 10.3. The molecule has 0 fully saturated rings. The number of hydrogen-bond acceptors (Lipinski definition) is 4. The van der Waals surface area contributed by atoms with Gasteiger partial charge < -0.3 is 14.8 Å². The standard InChI is InChI=1S/C12H17NO2S/c1-2-16-7-6-13-8-10-4-3-5-11-12(10)15-9-14-11/h3-5,13H,2,6-9H2,1H3. The molecule has 0 aliphatic carbocycles. The van der Waals surface area contributed by atoms with Crippen LogP contribution in [-0.2, 0) is 6.54 Å². The molecule has 1 heterocycles. The molecule has 0 saturated heterocycles. The minimum atomic E-state index is 0.345. The molecule has 2 rings (SSSR count). The number of ether oxygens (including phenoxy) is 2. The molecule has 4 heteroatoms. The van der Waals surface area contributed by atoms with Crippen LogP contribution < -0.4 is 14.8 Å². The summed E-state index contributed by atoms with van der Waals surface area (Å²) in [4.78, 5) is 0. The van der Waals surface area contributed by atoms with Gasteiger partial charge in [-0.25, -0.2) is 0 Å². The molecular weight excluding hydrogens is 222 g/mol. The molecule has 1 aromatic carbocycles. The summed E-state index contributed by atoms with van der Waals surface area (Å²) in [5.74, 6) is 4.10. The number of rotatable bonds is 6. The van der Waals surface area contributed by atoms with Gasteiger partial charge in [-0.1, -0.05) is 19.1 Å². The second kappa shape index (κ2) is 6.01. The van der Waals surface area contributed by atoms with Crippen molar-refractivity contribution in [2.75, 3.05) is 24.8 Å². The summed E-state index contributed by atoms with van der Waals surface area (Å²) in [7, 11) is 0. The fourth-order valence-electron chi connectivity index (χ4n) is 1.64. The highest BCUT2D eigenvalue weighted by atomic mass is 32.2. The average Bonchev–Trinajstić information content (AvgIpc) is 2.77. The maximum atomic E-state index is 5.44. The van der Waals surface area contributed by atoms with Crippen LogP contribution >= 0.6 is 11.8 Å². The van der Waals surface area contributed by atoms with Crippen molar-refractivity contribution in [2.24, 2.45) is 0 Å². The van der Waals surface area contributed by atoms with E-state index in [0.717, 1.165) is 30.3 Å². The van der Waals surface area contributed by atoms with E-state index in [4.69, 9.17) is 9.47 Å². The van der Waals surface area contributed by atoms with Gasteiger partial charge in [-0.15, -0.1) is 0 Å². The van der Waals surface area contributed by atoms with E-state index in [1.807, 2.05) is 23.9 Å². The fourth-order valence-corrected chi connectivity index (χ4v) is 2.22. The van der Waals surface area contributed by atoms with Crippen LogP contribution in [0.15, 0.2) is 18.2 Å². The Morgan fingerprint density at radius 2 is 2.31 bits per heavy atom. The Labute approximate surface area is 101 Å². The van der Waals surface area contributed by atoms with Gasteiger partial charge in [0.1, 0.15) is 0 Å². The van der Waals surface area contributed by atoms with Gasteiger partial charge in [0.05, 0.1) is 0 Å². The molecule has 0 bridgehead atoms. The van der Waals surface area contributed by atoms with E-state index in [2.05, 4.69) is 18.3 Å². The van der Waals surface area contributed by atoms with E-state index in [9.17, 15) is 0 Å². The van der Waals surface area contributed by atoms with Gasteiger partial charge in [0.25, 0.3) is 0 Å². The van der Waals surface area contributed by atoms with Crippen molar-refractivity contribution in [1.82, 2.24) is 5.32 Å². The molecule has 3 nitrogen and oxygen atoms in total. The lowest BCUT2D eigenvalue weighted by Crippen LogP contribution is -2.16. The van der Waals surface area contributed by atoms with Crippen molar-refractivity contribution in [3.05, 3.63) is 23.8 Å². The predicted octanol–water partition coefficient (Wildman–Crippen LogP) is 2.26. The SMILES string of the molecule is CCSCCNCc1cccc2c1OCO2. The van der Waals surface area contributed by atoms with Crippen molar-refractivity contribution in [2.45, 2.75) is 13.5 Å². The van der Waals surface area contributed by atoms with Gasteiger partial charge in [-0.2, -0.15) is 11.8 Å². The number of para-hydroxylation sites is 1. The van der Waals surface area contributed by atoms with Crippen LogP contribution in [-0.4, -0.2) is 24.8 Å². The molecule has 16 heavy (non-hydrogen) atoms. The lowest BCUT2D eigenvalue weighted by Gasteiger charge is -2.07. The van der Waals surface area contributed by atoms with E-state index in [1.54, 1.807) is 0 Å². The predicted molar refractivity (Wildman–Crippen MR) is 67.3 cm³/mol. The van der Waals surface area contributed by atoms with Gasteiger partial charge in [0.15, 0.2) is 11.5 Å². The van der Waals surface area contributed by atoms with Crippen LogP contribution in [0, 0.1) is 0 Å². The van der Waals surface area contributed by atoms with Gasteiger partial charge in [0, 0.05) is 24.4 Å². The maximum Gasteiger partial charge on any atom is 0.231 e. The lowest BCUT2D eigenvalue weighted by atomic mass is 10.2. The first-order valence-electron chi connectivity index (χ1n) is 5.57. The molecule has 0 amide bonds. The topological polar surface area (TPSA) is 30.5 Å². The number of fused-ring (bicyclic) bond motifs is 1. The summed E-state index contributed by atoms with van der Waals surface area (Å²) >= 11 is 1.95. The van der Waals surface area contributed by atoms with Crippen LogP contribution in [0.1, 0.15) is 12.5 Å². The van der Waals surface area contributed by atoms with Crippen molar-refractivity contribution < 1.29 is 9.47 Å². The van der Waals surface area contributed by atoms with Crippen molar-refractivity contribution in [3.63, 3.8) is 0 Å². The third kappa shape index (κ3) is 2.83. The summed E-state index contributed by atoms with van der Waals surface area (Å²) in [6, 6.07) is 6.03. The largest absolute Gasteiger partial charge is 0.454 e. The van der Waals surface area contributed by atoms with Crippen LogP contribution in [0.4, 0.5) is 0 Å². The van der Waals surface area contributed by atoms with E-state index in [-0.39, 0.29) is 0 Å². The van der Waals surface area contributed by atoms with Gasteiger partial charge in [0.2, 0.25) is 6.79 Å². The molecule has 0 atom stereocenters. The summed E-state index contributed by atoms with van der Waals surface area (Å²) in [5.41, 5.74) is 1.18. The van der Waals surface area contributed by atoms with Gasteiger partial charge in [-0.05, 0) is 11.8 Å². The molecule has 0 saturated carbocycles. The molecule has 1 N–H and O–H groups in total. The van der Waals surface area contributed by atoms with E-state index >= 15 is 0 Å². The van der Waals surface area contributed by atoms with E-state index in [0.29, 0.717) is 6.79 Å².